The molecule has 0 N–H and O–H groups in total. The van der Waals surface area contributed by atoms with Crippen molar-refractivity contribution >= 4 is 5.97 Å². The molecule has 1 aromatic rings. The Balaban J connectivity index is 2.60. The van der Waals surface area contributed by atoms with Gasteiger partial charge in [-0.2, -0.15) is 0 Å². The van der Waals surface area contributed by atoms with Gasteiger partial charge in [-0.15, -0.1) is 0 Å². The van der Waals surface area contributed by atoms with Crippen LogP contribution >= 0.6 is 0 Å². The summed E-state index contributed by atoms with van der Waals surface area (Å²) in [5.41, 5.74) is 1.87. The first kappa shape index (κ1) is 11.7. The van der Waals surface area contributed by atoms with Crippen LogP contribution in [0.2, 0.25) is 0 Å². The third-order valence-electron chi connectivity index (χ3n) is 1.94. The zero-order valence-electron chi connectivity index (χ0n) is 9.36. The van der Waals surface area contributed by atoms with Crippen molar-refractivity contribution in [2.45, 2.75) is 13.0 Å². The molecule has 0 aliphatic carbocycles. The Morgan fingerprint density at radius 2 is 2.20 bits per heavy atom. The van der Waals surface area contributed by atoms with Gasteiger partial charge in [0.15, 0.2) is 0 Å². The number of hydrogen-bond acceptors (Lipinski definition) is 4. The number of methoxy groups -OCH3 is 1. The van der Waals surface area contributed by atoms with Crippen LogP contribution in [0.25, 0.3) is 0 Å². The van der Waals surface area contributed by atoms with Gasteiger partial charge < -0.3 is 9.64 Å². The van der Waals surface area contributed by atoms with E-state index in [0.717, 1.165) is 17.8 Å². The third-order valence-corrected chi connectivity index (χ3v) is 1.94. The summed E-state index contributed by atoms with van der Waals surface area (Å²) >= 11 is 0. The van der Waals surface area contributed by atoms with Crippen LogP contribution in [-0.2, 0) is 22.5 Å². The summed E-state index contributed by atoms with van der Waals surface area (Å²) in [5.74, 6) is -0.239. The van der Waals surface area contributed by atoms with Crippen LogP contribution in [-0.4, -0.2) is 37.1 Å². The van der Waals surface area contributed by atoms with Crippen LogP contribution in [0.5, 0.6) is 0 Å². The van der Waals surface area contributed by atoms with Gasteiger partial charge in [0.2, 0.25) is 0 Å². The second kappa shape index (κ2) is 5.46. The van der Waals surface area contributed by atoms with E-state index >= 15 is 0 Å². The van der Waals surface area contributed by atoms with Crippen molar-refractivity contribution < 1.29 is 9.53 Å². The summed E-state index contributed by atoms with van der Waals surface area (Å²) in [6.07, 6.45) is 2.00. The summed E-state index contributed by atoms with van der Waals surface area (Å²) in [6.45, 7) is 0.804. The minimum absolute atomic E-state index is 0.239. The number of carbonyl (C=O) groups is 1. The predicted molar refractivity (Wildman–Crippen MR) is 57.3 cm³/mol. The van der Waals surface area contributed by atoms with E-state index in [0.29, 0.717) is 0 Å². The number of hydrogen-bond donors (Lipinski definition) is 0. The maximum absolute atomic E-state index is 11.0. The first-order valence-electron chi connectivity index (χ1n) is 4.77. The van der Waals surface area contributed by atoms with Gasteiger partial charge in [0.1, 0.15) is 0 Å². The zero-order chi connectivity index (χ0) is 11.3. The highest BCUT2D eigenvalue weighted by atomic mass is 16.5. The highest BCUT2D eigenvalue weighted by molar-refractivity contribution is 5.72. The minimum atomic E-state index is -0.239. The Hall–Kier alpha value is -1.42. The summed E-state index contributed by atoms with van der Waals surface area (Å²) in [7, 11) is 5.37. The van der Waals surface area contributed by atoms with Gasteiger partial charge in [-0.05, 0) is 25.7 Å². The molecule has 1 heterocycles. The maximum Gasteiger partial charge on any atom is 0.310 e. The minimum Gasteiger partial charge on any atom is -0.469 e. The Morgan fingerprint density at radius 1 is 1.47 bits per heavy atom. The fourth-order valence-corrected chi connectivity index (χ4v) is 1.22. The second-order valence-corrected chi connectivity index (χ2v) is 3.65. The molecule has 0 aromatic carbocycles. The van der Waals surface area contributed by atoms with Crippen LogP contribution in [0, 0.1) is 0 Å². The summed E-state index contributed by atoms with van der Waals surface area (Å²) in [5, 5.41) is 0. The van der Waals surface area contributed by atoms with E-state index in [1.807, 2.05) is 31.1 Å². The molecule has 0 saturated heterocycles. The summed E-state index contributed by atoms with van der Waals surface area (Å²) in [4.78, 5) is 17.3. The van der Waals surface area contributed by atoms with E-state index in [4.69, 9.17) is 0 Å². The van der Waals surface area contributed by atoms with Crippen LogP contribution in [0.1, 0.15) is 11.3 Å². The maximum atomic E-state index is 11.0. The predicted octanol–water partition coefficient (Wildman–Crippen LogP) is 0.859. The van der Waals surface area contributed by atoms with Gasteiger partial charge in [-0.3, -0.25) is 9.78 Å². The Kier molecular flexibility index (Phi) is 4.24. The average molecular weight is 208 g/mol. The van der Waals surface area contributed by atoms with E-state index < -0.39 is 0 Å². The van der Waals surface area contributed by atoms with Crippen molar-refractivity contribution in [1.82, 2.24) is 9.88 Å². The zero-order valence-corrected chi connectivity index (χ0v) is 9.36. The summed E-state index contributed by atoms with van der Waals surface area (Å²) in [6, 6.07) is 3.83. The van der Waals surface area contributed by atoms with Gasteiger partial charge in [0.25, 0.3) is 0 Å². The molecule has 0 unspecified atom stereocenters. The quantitative estimate of drug-likeness (QED) is 0.688. The van der Waals surface area contributed by atoms with Crippen molar-refractivity contribution in [3.63, 3.8) is 0 Å². The van der Waals surface area contributed by atoms with Gasteiger partial charge in [-0.1, -0.05) is 6.07 Å². The SMILES string of the molecule is COC(=O)Cc1ccc(CN(C)C)nc1. The topological polar surface area (TPSA) is 42.4 Å². The molecule has 1 aromatic heterocycles. The van der Waals surface area contributed by atoms with Crippen LogP contribution in [0.3, 0.4) is 0 Å². The van der Waals surface area contributed by atoms with E-state index in [9.17, 15) is 4.79 Å². The Morgan fingerprint density at radius 3 is 2.67 bits per heavy atom. The fourth-order valence-electron chi connectivity index (χ4n) is 1.22. The molecule has 4 heteroatoms. The molecule has 0 saturated carbocycles. The highest BCUT2D eigenvalue weighted by Crippen LogP contribution is 2.03. The average Bonchev–Trinajstić information content (AvgIpc) is 2.20. The fraction of sp³-hybridized carbons (Fsp3) is 0.455. The molecule has 4 nitrogen and oxygen atoms in total. The van der Waals surface area contributed by atoms with Crippen LogP contribution in [0.15, 0.2) is 18.3 Å². The van der Waals surface area contributed by atoms with Crippen molar-refractivity contribution in [3.8, 4) is 0 Å². The summed E-state index contributed by atoms with van der Waals surface area (Å²) < 4.78 is 4.57. The van der Waals surface area contributed by atoms with Crippen molar-refractivity contribution in [2.24, 2.45) is 0 Å². The normalized spacial score (nSPS) is 10.4. The molecule has 0 amide bonds. The Labute approximate surface area is 89.9 Å². The second-order valence-electron chi connectivity index (χ2n) is 3.65. The van der Waals surface area contributed by atoms with Gasteiger partial charge in [0.05, 0.1) is 19.2 Å². The molecule has 0 atom stereocenters. The largest absolute Gasteiger partial charge is 0.469 e. The number of esters is 1. The molecule has 0 aliphatic heterocycles. The number of ether oxygens (including phenoxy) is 1. The lowest BCUT2D eigenvalue weighted by atomic mass is 10.2. The number of aromatic nitrogens is 1. The third kappa shape index (κ3) is 4.08. The van der Waals surface area contributed by atoms with Crippen LogP contribution < -0.4 is 0 Å². The van der Waals surface area contributed by atoms with E-state index in [1.165, 1.54) is 7.11 Å². The Bertz CT molecular complexity index is 320. The first-order chi connectivity index (χ1) is 7.11. The lowest BCUT2D eigenvalue weighted by Gasteiger charge is -2.08. The molecule has 1 rings (SSSR count). The molecule has 15 heavy (non-hydrogen) atoms. The van der Waals surface area contributed by atoms with Gasteiger partial charge in [-0.25, -0.2) is 0 Å². The number of nitrogens with zero attached hydrogens (tertiary/aromatic N) is 2. The smallest absolute Gasteiger partial charge is 0.310 e. The van der Waals surface area contributed by atoms with E-state index in [-0.39, 0.29) is 12.4 Å². The molecule has 0 fully saturated rings. The highest BCUT2D eigenvalue weighted by Gasteiger charge is 2.03. The van der Waals surface area contributed by atoms with Gasteiger partial charge in [0, 0.05) is 12.7 Å². The lowest BCUT2D eigenvalue weighted by molar-refractivity contribution is -0.139. The number of rotatable bonds is 4. The molecule has 82 valence electrons. The molecule has 0 radical (unpaired) electrons. The lowest BCUT2D eigenvalue weighted by Crippen LogP contribution is -2.12. The van der Waals surface area contributed by atoms with Gasteiger partial charge >= 0.3 is 5.97 Å². The first-order valence-corrected chi connectivity index (χ1v) is 4.77. The monoisotopic (exact) mass is 208 g/mol. The van der Waals surface area contributed by atoms with Crippen molar-refractivity contribution in [2.75, 3.05) is 21.2 Å². The number of carbonyl (C=O) groups excluding carboxylic acids is 1. The molecular weight excluding hydrogens is 192 g/mol. The van der Waals surface area contributed by atoms with Crippen LogP contribution in [0.4, 0.5) is 0 Å². The number of pyridine rings is 1. The van der Waals surface area contributed by atoms with E-state index in [1.54, 1.807) is 6.20 Å². The molecular formula is C11H16N2O2. The van der Waals surface area contributed by atoms with Crippen molar-refractivity contribution in [1.29, 1.82) is 0 Å². The van der Waals surface area contributed by atoms with Crippen molar-refractivity contribution in [3.05, 3.63) is 29.6 Å². The standard InChI is InChI=1S/C11H16N2O2/c1-13(2)8-10-5-4-9(7-12-10)6-11(14)15-3/h4-5,7H,6,8H2,1-3H3. The molecule has 0 spiro atoms. The van der Waals surface area contributed by atoms with E-state index in [2.05, 4.69) is 9.72 Å². The molecule has 0 aliphatic rings. The molecule has 0 bridgehead atoms.